The minimum Gasteiger partial charge on any atom is -0.463 e. The molecule has 0 radical (unpaired) electrons. The number of carbonyl (C=O) groups excluding carboxylic acids is 1. The van der Waals surface area contributed by atoms with Gasteiger partial charge in [-0.3, -0.25) is 9.35 Å². The van der Waals surface area contributed by atoms with E-state index >= 15 is 0 Å². The fourth-order valence-electron chi connectivity index (χ4n) is 4.73. The van der Waals surface area contributed by atoms with Crippen LogP contribution in [0.1, 0.15) is 142 Å². The second kappa shape index (κ2) is 30.9. The van der Waals surface area contributed by atoms with Crippen molar-refractivity contribution in [3.05, 3.63) is 17.1 Å². The average molecular weight is 651 g/mol. The zero-order valence-corrected chi connectivity index (χ0v) is 29.3. The van der Waals surface area contributed by atoms with Crippen LogP contribution < -0.4 is 4.57 Å². The van der Waals surface area contributed by atoms with Crippen molar-refractivity contribution in [1.82, 2.24) is 0 Å². The van der Waals surface area contributed by atoms with Gasteiger partial charge in [-0.05, 0) is 26.2 Å². The summed E-state index contributed by atoms with van der Waals surface area (Å²) in [5, 5.41) is 2.11. The standard InChI is InChI=1S/C32H60NO4S.CH4O3S/c1-3-5-6-7-8-9-10-11-12-13-14-15-19-22-26-35-28-31(36-4-2)29-37-32(34)23-20-17-16-18-21-24-33-25-27-38-30-33;1-5(2,3)4/h25,27,30-31H,3-24,26,28-29H2,1-2H3;1H3,(H,2,3,4)/q+1;. The summed E-state index contributed by atoms with van der Waals surface area (Å²) in [6.45, 7) is 7.51. The molecule has 0 aromatic carbocycles. The van der Waals surface area contributed by atoms with Gasteiger partial charge >= 0.3 is 5.97 Å². The van der Waals surface area contributed by atoms with E-state index in [2.05, 4.69) is 28.6 Å². The van der Waals surface area contributed by atoms with Crippen LogP contribution in [-0.2, 0) is 35.7 Å². The van der Waals surface area contributed by atoms with E-state index in [1.54, 1.807) is 11.3 Å². The summed E-state index contributed by atoms with van der Waals surface area (Å²) in [4.78, 5) is 12.1. The maximum absolute atomic E-state index is 12.1. The first kappa shape index (κ1) is 41.9. The predicted molar refractivity (Wildman–Crippen MR) is 177 cm³/mol. The van der Waals surface area contributed by atoms with Crippen molar-refractivity contribution in [3.63, 3.8) is 0 Å². The Morgan fingerprint density at radius 1 is 0.791 bits per heavy atom. The van der Waals surface area contributed by atoms with E-state index in [0.717, 1.165) is 32.4 Å². The molecule has 1 N–H and O–H groups in total. The molecule has 1 atom stereocenters. The number of unbranched alkanes of at least 4 members (excludes halogenated alkanes) is 17. The van der Waals surface area contributed by atoms with Crippen LogP contribution in [-0.4, -0.2) is 57.7 Å². The molecule has 1 rings (SSSR count). The molecule has 0 amide bonds. The van der Waals surface area contributed by atoms with E-state index in [1.807, 2.05) is 6.92 Å². The molecule has 10 heteroatoms. The number of carbonyl (C=O) groups is 1. The molecule has 0 spiro atoms. The fourth-order valence-corrected chi connectivity index (χ4v) is 5.36. The molecule has 1 unspecified atom stereocenters. The van der Waals surface area contributed by atoms with Crippen LogP contribution in [0.4, 0.5) is 0 Å². The highest BCUT2D eigenvalue weighted by atomic mass is 32.2. The maximum Gasteiger partial charge on any atom is 0.305 e. The molecule has 43 heavy (non-hydrogen) atoms. The molecule has 8 nitrogen and oxygen atoms in total. The third-order valence-electron chi connectivity index (χ3n) is 7.10. The first-order chi connectivity index (χ1) is 20.8. The van der Waals surface area contributed by atoms with Crippen LogP contribution in [0.25, 0.3) is 0 Å². The number of nitrogens with zero attached hydrogens (tertiary/aromatic N) is 1. The Labute approximate surface area is 268 Å². The molecular formula is C33H64NO7S2+. The topological polar surface area (TPSA) is 103 Å². The van der Waals surface area contributed by atoms with Crippen molar-refractivity contribution in [2.24, 2.45) is 0 Å². The van der Waals surface area contributed by atoms with Crippen molar-refractivity contribution < 1.29 is 36.5 Å². The van der Waals surface area contributed by atoms with Gasteiger partial charge < -0.3 is 14.2 Å². The van der Waals surface area contributed by atoms with E-state index in [0.29, 0.717) is 32.5 Å². The summed E-state index contributed by atoms with van der Waals surface area (Å²) < 4.78 is 45.1. The number of hydrogen-bond donors (Lipinski definition) is 1. The van der Waals surface area contributed by atoms with E-state index in [9.17, 15) is 13.2 Å². The Hall–Kier alpha value is -1.07. The van der Waals surface area contributed by atoms with Gasteiger partial charge in [-0.2, -0.15) is 13.0 Å². The minimum atomic E-state index is -3.67. The molecular weight excluding hydrogens is 586 g/mol. The Kier molecular flexibility index (Phi) is 30.2. The normalized spacial score (nSPS) is 12.1. The van der Waals surface area contributed by atoms with Crippen LogP contribution in [0.5, 0.6) is 0 Å². The molecule has 0 bridgehead atoms. The molecule has 0 aliphatic heterocycles. The van der Waals surface area contributed by atoms with Gasteiger partial charge in [0, 0.05) is 26.1 Å². The van der Waals surface area contributed by atoms with E-state index in [-0.39, 0.29) is 12.1 Å². The average Bonchev–Trinajstić information content (AvgIpc) is 3.48. The first-order valence-corrected chi connectivity index (χ1v) is 19.7. The lowest BCUT2D eigenvalue weighted by atomic mass is 10.0. The van der Waals surface area contributed by atoms with Crippen molar-refractivity contribution in [2.45, 2.75) is 155 Å². The Bertz CT molecular complexity index is 811. The van der Waals surface area contributed by atoms with Gasteiger partial charge in [0.25, 0.3) is 10.1 Å². The lowest BCUT2D eigenvalue weighted by Gasteiger charge is -2.17. The van der Waals surface area contributed by atoms with Crippen molar-refractivity contribution in [1.29, 1.82) is 0 Å². The van der Waals surface area contributed by atoms with Gasteiger partial charge in [0.1, 0.15) is 19.3 Å². The van der Waals surface area contributed by atoms with Crippen LogP contribution >= 0.6 is 11.3 Å². The Balaban J connectivity index is 0.00000324. The van der Waals surface area contributed by atoms with Gasteiger partial charge in [0.05, 0.1) is 18.2 Å². The molecule has 0 aliphatic rings. The van der Waals surface area contributed by atoms with Crippen molar-refractivity contribution in [2.75, 3.05) is 32.7 Å². The summed E-state index contributed by atoms with van der Waals surface area (Å²) in [6.07, 6.45) is 27.8. The van der Waals surface area contributed by atoms with E-state index in [1.165, 1.54) is 103 Å². The summed E-state index contributed by atoms with van der Waals surface area (Å²) in [5.41, 5.74) is 2.15. The van der Waals surface area contributed by atoms with Crippen LogP contribution in [0.2, 0.25) is 0 Å². The van der Waals surface area contributed by atoms with Gasteiger partial charge in [-0.1, -0.05) is 115 Å². The first-order valence-electron chi connectivity index (χ1n) is 16.9. The zero-order valence-electron chi connectivity index (χ0n) is 27.6. The van der Waals surface area contributed by atoms with E-state index < -0.39 is 10.1 Å². The number of hydrogen-bond acceptors (Lipinski definition) is 7. The van der Waals surface area contributed by atoms with Gasteiger partial charge in [-0.25, -0.2) is 0 Å². The van der Waals surface area contributed by atoms with Gasteiger partial charge in [-0.15, -0.1) is 0 Å². The Morgan fingerprint density at radius 2 is 1.30 bits per heavy atom. The number of thiazole rings is 1. The summed E-state index contributed by atoms with van der Waals surface area (Å²) in [6, 6.07) is 0. The molecule has 0 fully saturated rings. The molecule has 1 heterocycles. The molecule has 1 aromatic heterocycles. The molecule has 254 valence electrons. The SMILES string of the molecule is CCCCCCCCCCCCCCCCOCC(COC(=O)CCCCCCC[n+]1ccsc1)OCC.CS(=O)(=O)O. The number of esters is 1. The predicted octanol–water partition coefficient (Wildman–Crippen LogP) is 8.33. The maximum atomic E-state index is 12.1. The summed E-state index contributed by atoms with van der Waals surface area (Å²) in [7, 11) is -3.67. The molecule has 0 saturated carbocycles. The largest absolute Gasteiger partial charge is 0.463 e. The monoisotopic (exact) mass is 650 g/mol. The highest BCUT2D eigenvalue weighted by Crippen LogP contribution is 2.13. The minimum absolute atomic E-state index is 0.115. The number of ether oxygens (including phenoxy) is 3. The molecule has 0 aliphatic carbocycles. The lowest BCUT2D eigenvalue weighted by Crippen LogP contribution is -2.29. The summed E-state index contributed by atoms with van der Waals surface area (Å²) >= 11 is 1.73. The second-order valence-electron chi connectivity index (χ2n) is 11.4. The lowest BCUT2D eigenvalue weighted by molar-refractivity contribution is -0.692. The number of aryl methyl sites for hydroxylation is 1. The quantitative estimate of drug-likeness (QED) is 0.0402. The molecule has 0 saturated heterocycles. The molecule has 1 aromatic rings. The fraction of sp³-hybridized carbons (Fsp3) is 0.879. The van der Waals surface area contributed by atoms with Crippen molar-refractivity contribution >= 4 is 27.4 Å². The third-order valence-corrected chi connectivity index (χ3v) is 7.77. The van der Waals surface area contributed by atoms with Crippen LogP contribution in [0.15, 0.2) is 17.1 Å². The third kappa shape index (κ3) is 35.3. The number of aromatic nitrogens is 1. The number of rotatable bonds is 29. The zero-order chi connectivity index (χ0) is 31.9. The van der Waals surface area contributed by atoms with Crippen LogP contribution in [0.3, 0.4) is 0 Å². The van der Waals surface area contributed by atoms with Crippen molar-refractivity contribution in [3.8, 4) is 0 Å². The smallest absolute Gasteiger partial charge is 0.305 e. The second-order valence-corrected chi connectivity index (χ2v) is 13.7. The van der Waals surface area contributed by atoms with Gasteiger partial charge in [0.2, 0.25) is 5.51 Å². The van der Waals surface area contributed by atoms with E-state index in [4.69, 9.17) is 18.8 Å². The highest BCUT2D eigenvalue weighted by Gasteiger charge is 2.12. The van der Waals surface area contributed by atoms with Crippen LogP contribution in [0, 0.1) is 0 Å². The highest BCUT2D eigenvalue weighted by molar-refractivity contribution is 7.85. The Morgan fingerprint density at radius 3 is 1.81 bits per heavy atom. The summed E-state index contributed by atoms with van der Waals surface area (Å²) in [5.74, 6) is -0.115. The van der Waals surface area contributed by atoms with Gasteiger partial charge in [0.15, 0.2) is 6.20 Å².